The Bertz CT molecular complexity index is 380. The number of Topliss-reactive ketones (excluding diaryl/α,β-unsaturated/α-hetero) is 1. The van der Waals surface area contributed by atoms with E-state index in [1.807, 2.05) is 6.92 Å². The van der Waals surface area contributed by atoms with E-state index in [0.29, 0.717) is 23.3 Å². The fraction of sp³-hybridized carbons (Fsp3) is 0.600. The fourth-order valence-corrected chi connectivity index (χ4v) is 1.84. The minimum absolute atomic E-state index is 0.297. The molecule has 0 spiro atoms. The van der Waals surface area contributed by atoms with Crippen molar-refractivity contribution in [2.45, 2.75) is 26.2 Å². The average Bonchev–Trinajstić information content (AvgIpc) is 2.91. The van der Waals surface area contributed by atoms with Crippen LogP contribution in [0, 0.1) is 12.8 Å². The number of rotatable bonds is 3. The SMILES string of the molecule is Cc1nn(C)c(Cl)c1CC(=O)C1CC1. The van der Waals surface area contributed by atoms with E-state index in [-0.39, 0.29) is 0 Å². The number of carbonyl (C=O) groups is 1. The summed E-state index contributed by atoms with van der Waals surface area (Å²) in [4.78, 5) is 11.6. The van der Waals surface area contributed by atoms with Crippen LogP contribution in [0.15, 0.2) is 0 Å². The normalized spacial score (nSPS) is 15.9. The number of aryl methyl sites for hydroxylation is 2. The Morgan fingerprint density at radius 3 is 2.71 bits per heavy atom. The van der Waals surface area contributed by atoms with Crippen LogP contribution in [0.1, 0.15) is 24.1 Å². The summed E-state index contributed by atoms with van der Waals surface area (Å²) in [6, 6.07) is 0. The molecule has 1 saturated carbocycles. The molecule has 0 radical (unpaired) electrons. The summed E-state index contributed by atoms with van der Waals surface area (Å²) in [6.45, 7) is 1.89. The molecule has 0 amide bonds. The van der Waals surface area contributed by atoms with E-state index in [1.54, 1.807) is 11.7 Å². The van der Waals surface area contributed by atoms with Crippen LogP contribution in [0.2, 0.25) is 5.15 Å². The second-order valence-corrected chi connectivity index (χ2v) is 4.25. The molecule has 1 aliphatic carbocycles. The van der Waals surface area contributed by atoms with Gasteiger partial charge in [0, 0.05) is 24.9 Å². The molecule has 14 heavy (non-hydrogen) atoms. The lowest BCUT2D eigenvalue weighted by Gasteiger charge is -1.98. The van der Waals surface area contributed by atoms with Gasteiger partial charge in [-0.15, -0.1) is 0 Å². The van der Waals surface area contributed by atoms with Crippen molar-refractivity contribution in [3.05, 3.63) is 16.4 Å². The molecule has 1 aromatic heterocycles. The smallest absolute Gasteiger partial charge is 0.140 e. The summed E-state index contributed by atoms with van der Waals surface area (Å²) < 4.78 is 1.62. The van der Waals surface area contributed by atoms with Crippen molar-refractivity contribution in [3.63, 3.8) is 0 Å². The number of halogens is 1. The van der Waals surface area contributed by atoms with Crippen LogP contribution in [0.3, 0.4) is 0 Å². The van der Waals surface area contributed by atoms with Crippen LogP contribution >= 0.6 is 11.6 Å². The maximum absolute atomic E-state index is 11.6. The van der Waals surface area contributed by atoms with Crippen molar-refractivity contribution in [1.82, 2.24) is 9.78 Å². The zero-order valence-electron chi connectivity index (χ0n) is 8.38. The van der Waals surface area contributed by atoms with Gasteiger partial charge in [-0.25, -0.2) is 0 Å². The monoisotopic (exact) mass is 212 g/mol. The topological polar surface area (TPSA) is 34.9 Å². The van der Waals surface area contributed by atoms with E-state index in [2.05, 4.69) is 5.10 Å². The highest BCUT2D eigenvalue weighted by molar-refractivity contribution is 6.30. The summed E-state index contributed by atoms with van der Waals surface area (Å²) in [5, 5.41) is 4.77. The molecule has 0 saturated heterocycles. The van der Waals surface area contributed by atoms with Gasteiger partial charge in [0.2, 0.25) is 0 Å². The Hall–Kier alpha value is -0.830. The number of aromatic nitrogens is 2. The second-order valence-electron chi connectivity index (χ2n) is 3.90. The molecule has 0 bridgehead atoms. The van der Waals surface area contributed by atoms with Crippen molar-refractivity contribution < 1.29 is 4.79 Å². The van der Waals surface area contributed by atoms with Gasteiger partial charge in [0.25, 0.3) is 0 Å². The van der Waals surface area contributed by atoms with Crippen LogP contribution < -0.4 is 0 Å². The quantitative estimate of drug-likeness (QED) is 0.767. The first-order chi connectivity index (χ1) is 6.59. The summed E-state index contributed by atoms with van der Waals surface area (Å²) in [5.74, 6) is 0.605. The van der Waals surface area contributed by atoms with Gasteiger partial charge in [0.1, 0.15) is 10.9 Å². The summed E-state index contributed by atoms with van der Waals surface area (Å²) >= 11 is 6.03. The van der Waals surface area contributed by atoms with Crippen LogP contribution in [0.25, 0.3) is 0 Å². The van der Waals surface area contributed by atoms with Gasteiger partial charge in [-0.2, -0.15) is 5.10 Å². The van der Waals surface area contributed by atoms with Crippen LogP contribution in [0.4, 0.5) is 0 Å². The lowest BCUT2D eigenvalue weighted by molar-refractivity contribution is -0.119. The van der Waals surface area contributed by atoms with Gasteiger partial charge >= 0.3 is 0 Å². The predicted molar refractivity (Wildman–Crippen MR) is 54.4 cm³/mol. The molecule has 4 heteroatoms. The number of nitrogens with zero attached hydrogens (tertiary/aromatic N) is 2. The molecule has 0 aromatic carbocycles. The Kier molecular flexibility index (Phi) is 2.35. The Labute approximate surface area is 88.1 Å². The van der Waals surface area contributed by atoms with Gasteiger partial charge < -0.3 is 0 Å². The largest absolute Gasteiger partial charge is 0.299 e. The molecule has 1 aromatic rings. The zero-order valence-corrected chi connectivity index (χ0v) is 9.14. The number of carbonyl (C=O) groups excluding carboxylic acids is 1. The highest BCUT2D eigenvalue weighted by Crippen LogP contribution is 2.32. The molecule has 0 atom stereocenters. The zero-order chi connectivity index (χ0) is 10.3. The van der Waals surface area contributed by atoms with Crippen LogP contribution in [-0.4, -0.2) is 15.6 Å². The van der Waals surface area contributed by atoms with Crippen molar-refractivity contribution in [2.24, 2.45) is 13.0 Å². The third-order valence-corrected chi connectivity index (χ3v) is 3.13. The molecule has 1 fully saturated rings. The third-order valence-electron chi connectivity index (χ3n) is 2.65. The average molecular weight is 213 g/mol. The standard InChI is InChI=1S/C10H13ClN2O/c1-6-8(10(11)13(2)12-6)5-9(14)7-3-4-7/h7H,3-5H2,1-2H3. The van der Waals surface area contributed by atoms with E-state index < -0.39 is 0 Å². The summed E-state index contributed by atoms with van der Waals surface area (Å²) in [6.07, 6.45) is 2.55. The molecule has 76 valence electrons. The van der Waals surface area contributed by atoms with Gasteiger partial charge in [-0.1, -0.05) is 11.6 Å². The van der Waals surface area contributed by atoms with E-state index in [9.17, 15) is 4.79 Å². The summed E-state index contributed by atoms with van der Waals surface area (Å²) in [5.41, 5.74) is 1.76. The lowest BCUT2D eigenvalue weighted by atomic mass is 10.1. The Morgan fingerprint density at radius 1 is 1.64 bits per heavy atom. The first-order valence-corrected chi connectivity index (χ1v) is 5.18. The first kappa shape index (κ1) is 9.71. The number of ketones is 1. The maximum atomic E-state index is 11.6. The minimum atomic E-state index is 0.297. The van der Waals surface area contributed by atoms with Crippen LogP contribution in [0.5, 0.6) is 0 Å². The van der Waals surface area contributed by atoms with Crippen molar-refractivity contribution in [1.29, 1.82) is 0 Å². The molecule has 0 unspecified atom stereocenters. The van der Waals surface area contributed by atoms with Gasteiger partial charge in [0.05, 0.1) is 5.69 Å². The van der Waals surface area contributed by atoms with E-state index in [0.717, 1.165) is 24.1 Å². The molecule has 0 aliphatic heterocycles. The summed E-state index contributed by atoms with van der Waals surface area (Å²) in [7, 11) is 1.79. The lowest BCUT2D eigenvalue weighted by Crippen LogP contribution is -2.05. The molecule has 1 aliphatic rings. The van der Waals surface area contributed by atoms with E-state index in [1.165, 1.54) is 0 Å². The third kappa shape index (κ3) is 1.69. The Balaban J connectivity index is 2.18. The van der Waals surface area contributed by atoms with Crippen molar-refractivity contribution in [2.75, 3.05) is 0 Å². The molecular weight excluding hydrogens is 200 g/mol. The predicted octanol–water partition coefficient (Wildman–Crippen LogP) is 1.90. The highest BCUT2D eigenvalue weighted by atomic mass is 35.5. The first-order valence-electron chi connectivity index (χ1n) is 4.80. The van der Waals surface area contributed by atoms with E-state index >= 15 is 0 Å². The molecule has 3 nitrogen and oxygen atoms in total. The molecule has 2 rings (SSSR count). The van der Waals surface area contributed by atoms with Gasteiger partial charge in [-0.05, 0) is 19.8 Å². The van der Waals surface area contributed by atoms with Crippen molar-refractivity contribution >= 4 is 17.4 Å². The van der Waals surface area contributed by atoms with Crippen LogP contribution in [-0.2, 0) is 18.3 Å². The molecule has 1 heterocycles. The molecule has 0 N–H and O–H groups in total. The van der Waals surface area contributed by atoms with E-state index in [4.69, 9.17) is 11.6 Å². The van der Waals surface area contributed by atoms with Crippen molar-refractivity contribution in [3.8, 4) is 0 Å². The maximum Gasteiger partial charge on any atom is 0.140 e. The van der Waals surface area contributed by atoms with Gasteiger partial charge in [-0.3, -0.25) is 9.48 Å². The number of hydrogen-bond acceptors (Lipinski definition) is 2. The molecular formula is C10H13ClN2O. The minimum Gasteiger partial charge on any atom is -0.299 e. The Morgan fingerprint density at radius 2 is 2.29 bits per heavy atom. The van der Waals surface area contributed by atoms with Gasteiger partial charge in [0.15, 0.2) is 0 Å². The fourth-order valence-electron chi connectivity index (χ4n) is 1.60. The second kappa shape index (κ2) is 3.39. The number of hydrogen-bond donors (Lipinski definition) is 0. The highest BCUT2D eigenvalue weighted by Gasteiger charge is 2.30.